The third-order valence-electron chi connectivity index (χ3n) is 3.33. The lowest BCUT2D eigenvalue weighted by Gasteiger charge is -1.99. The molecule has 1 aromatic rings. The molecule has 0 saturated heterocycles. The van der Waals surface area contributed by atoms with E-state index in [2.05, 4.69) is 9.98 Å². The van der Waals surface area contributed by atoms with Crippen LogP contribution in [-0.4, -0.2) is 11.2 Å². The summed E-state index contributed by atoms with van der Waals surface area (Å²) in [4.78, 5) is 19.0. The van der Waals surface area contributed by atoms with Gasteiger partial charge in [-0.2, -0.15) is 0 Å². The van der Waals surface area contributed by atoms with Crippen molar-refractivity contribution in [2.24, 2.45) is 4.99 Å². The Morgan fingerprint density at radius 2 is 1.95 bits per heavy atom. The van der Waals surface area contributed by atoms with Gasteiger partial charge in [-0.1, -0.05) is 30.3 Å². The fourth-order valence-electron chi connectivity index (χ4n) is 2.19. The second-order valence-corrected chi connectivity index (χ2v) is 4.79. The van der Waals surface area contributed by atoms with Gasteiger partial charge in [0.2, 0.25) is 0 Å². The standard InChI is InChI=1S/C17H13FN2O/c1-11-7-8-12(18)9-16(11)19-10-14-13-5-3-2-4-6-15(13)20-17(14)21/h2-10H,1H3,(H,20,21). The normalized spacial score (nSPS) is 11.3. The van der Waals surface area contributed by atoms with Crippen molar-refractivity contribution in [3.63, 3.8) is 0 Å². The highest BCUT2D eigenvalue weighted by Crippen LogP contribution is 2.22. The molecule has 1 aliphatic carbocycles. The lowest BCUT2D eigenvalue weighted by Crippen LogP contribution is -2.03. The number of hydrogen-bond donors (Lipinski definition) is 1. The molecular formula is C17H13FN2O. The van der Waals surface area contributed by atoms with E-state index in [1.807, 2.05) is 37.3 Å². The molecule has 1 N–H and O–H groups in total. The predicted octanol–water partition coefficient (Wildman–Crippen LogP) is 3.68. The largest absolute Gasteiger partial charge is 0.321 e. The van der Waals surface area contributed by atoms with Crippen molar-refractivity contribution in [1.29, 1.82) is 0 Å². The number of H-pyrrole nitrogens is 1. The second-order valence-electron chi connectivity index (χ2n) is 4.79. The van der Waals surface area contributed by atoms with Gasteiger partial charge >= 0.3 is 0 Å². The molecule has 0 saturated carbocycles. The minimum Gasteiger partial charge on any atom is -0.321 e. The lowest BCUT2D eigenvalue weighted by atomic mass is 10.1. The van der Waals surface area contributed by atoms with Gasteiger partial charge in [0.1, 0.15) is 5.82 Å². The van der Waals surface area contributed by atoms with Crippen molar-refractivity contribution < 1.29 is 4.39 Å². The van der Waals surface area contributed by atoms with Crippen LogP contribution < -0.4 is 5.56 Å². The van der Waals surface area contributed by atoms with Gasteiger partial charge in [0.15, 0.2) is 0 Å². The predicted molar refractivity (Wildman–Crippen MR) is 82.1 cm³/mol. The van der Waals surface area contributed by atoms with E-state index < -0.39 is 0 Å². The first-order chi connectivity index (χ1) is 10.1. The Hall–Kier alpha value is -2.75. The quantitative estimate of drug-likeness (QED) is 0.715. The number of nitrogens with one attached hydrogen (secondary N) is 1. The van der Waals surface area contributed by atoms with Crippen LogP contribution in [0.2, 0.25) is 0 Å². The molecule has 0 unspecified atom stereocenters. The molecular weight excluding hydrogens is 267 g/mol. The molecule has 0 radical (unpaired) electrons. The molecule has 104 valence electrons. The summed E-state index contributed by atoms with van der Waals surface area (Å²) >= 11 is 0. The van der Waals surface area contributed by atoms with Crippen molar-refractivity contribution >= 4 is 11.9 Å². The highest BCUT2D eigenvalue weighted by Gasteiger charge is 2.11. The van der Waals surface area contributed by atoms with Crippen molar-refractivity contribution in [3.05, 3.63) is 75.8 Å². The molecule has 21 heavy (non-hydrogen) atoms. The van der Waals surface area contributed by atoms with Crippen molar-refractivity contribution in [2.45, 2.75) is 6.92 Å². The van der Waals surface area contributed by atoms with Crippen LogP contribution >= 0.6 is 0 Å². The van der Waals surface area contributed by atoms with Gasteiger partial charge in [0.25, 0.3) is 5.56 Å². The van der Waals surface area contributed by atoms with Crippen LogP contribution in [0, 0.1) is 12.7 Å². The monoisotopic (exact) mass is 280 g/mol. The van der Waals surface area contributed by atoms with Gasteiger partial charge in [-0.05, 0) is 30.7 Å². The summed E-state index contributed by atoms with van der Waals surface area (Å²) in [7, 11) is 0. The minimum atomic E-state index is -0.347. The Bertz CT molecular complexity index is 852. The number of halogens is 1. The molecule has 3 nitrogen and oxygen atoms in total. The fourth-order valence-corrected chi connectivity index (χ4v) is 2.19. The van der Waals surface area contributed by atoms with Crippen LogP contribution in [-0.2, 0) is 0 Å². The number of aliphatic imine (C=N–C) groups is 1. The number of aromatic amines is 1. The van der Waals surface area contributed by atoms with Crippen LogP contribution in [0.25, 0.3) is 11.3 Å². The lowest BCUT2D eigenvalue weighted by molar-refractivity contribution is 0.628. The third-order valence-corrected chi connectivity index (χ3v) is 3.33. The van der Waals surface area contributed by atoms with Crippen LogP contribution in [0.5, 0.6) is 0 Å². The summed E-state index contributed by atoms with van der Waals surface area (Å²) < 4.78 is 13.3. The van der Waals surface area contributed by atoms with E-state index in [1.165, 1.54) is 18.3 Å². The number of hydrogen-bond acceptors (Lipinski definition) is 2. The van der Waals surface area contributed by atoms with E-state index in [9.17, 15) is 9.18 Å². The van der Waals surface area contributed by atoms with Gasteiger partial charge in [0, 0.05) is 17.5 Å². The van der Waals surface area contributed by atoms with Gasteiger partial charge < -0.3 is 4.98 Å². The molecule has 1 heterocycles. The number of rotatable bonds is 2. The molecule has 0 spiro atoms. The molecule has 0 bridgehead atoms. The Labute approximate surface area is 121 Å². The average molecular weight is 280 g/mol. The van der Waals surface area contributed by atoms with E-state index in [1.54, 1.807) is 6.07 Å². The molecule has 2 aliphatic rings. The Kier molecular flexibility index (Phi) is 3.36. The van der Waals surface area contributed by atoms with Crippen molar-refractivity contribution in [1.82, 2.24) is 4.98 Å². The maximum atomic E-state index is 13.3. The summed E-state index contributed by atoms with van der Waals surface area (Å²) in [6.07, 6.45) is 1.49. The van der Waals surface area contributed by atoms with E-state index in [0.717, 1.165) is 16.8 Å². The van der Waals surface area contributed by atoms with Crippen LogP contribution in [0.15, 0.2) is 58.3 Å². The van der Waals surface area contributed by atoms with Crippen molar-refractivity contribution in [3.8, 4) is 11.3 Å². The molecule has 0 atom stereocenters. The first-order valence-electron chi connectivity index (χ1n) is 6.56. The van der Waals surface area contributed by atoms with Crippen LogP contribution in [0.3, 0.4) is 0 Å². The zero-order valence-corrected chi connectivity index (χ0v) is 11.4. The smallest absolute Gasteiger partial charge is 0.257 e. The SMILES string of the molecule is Cc1ccc(F)cc1N=Cc1c2cccccc-2[nH]c1=O. The average Bonchev–Trinajstić information content (AvgIpc) is 2.63. The maximum absolute atomic E-state index is 13.3. The topological polar surface area (TPSA) is 45.2 Å². The van der Waals surface area contributed by atoms with Gasteiger partial charge in [0.05, 0.1) is 11.3 Å². The summed E-state index contributed by atoms with van der Waals surface area (Å²) in [5.41, 5.74) is 3.19. The molecule has 4 heteroatoms. The minimum absolute atomic E-state index is 0.200. The highest BCUT2D eigenvalue weighted by atomic mass is 19.1. The molecule has 1 aliphatic heterocycles. The Morgan fingerprint density at radius 1 is 1.14 bits per heavy atom. The molecule has 3 rings (SSSR count). The number of fused-ring (bicyclic) bond motifs is 1. The van der Waals surface area contributed by atoms with E-state index in [-0.39, 0.29) is 11.4 Å². The van der Waals surface area contributed by atoms with Crippen LogP contribution in [0.1, 0.15) is 11.1 Å². The number of aryl methyl sites for hydroxylation is 1. The number of benzene rings is 1. The van der Waals surface area contributed by atoms with E-state index >= 15 is 0 Å². The molecule has 0 amide bonds. The number of nitrogens with zero attached hydrogens (tertiary/aromatic N) is 1. The molecule has 0 fully saturated rings. The first kappa shape index (κ1) is 13.2. The van der Waals surface area contributed by atoms with E-state index in [0.29, 0.717) is 11.3 Å². The first-order valence-corrected chi connectivity index (χ1v) is 6.56. The zero-order chi connectivity index (χ0) is 14.8. The van der Waals surface area contributed by atoms with Crippen LogP contribution in [0.4, 0.5) is 10.1 Å². The third kappa shape index (κ3) is 2.60. The highest BCUT2D eigenvalue weighted by molar-refractivity contribution is 5.91. The van der Waals surface area contributed by atoms with Gasteiger partial charge in [-0.25, -0.2) is 4.39 Å². The Morgan fingerprint density at radius 3 is 2.81 bits per heavy atom. The van der Waals surface area contributed by atoms with Gasteiger partial charge in [-0.3, -0.25) is 9.79 Å². The Balaban J connectivity index is 2.07. The summed E-state index contributed by atoms with van der Waals surface area (Å²) in [6, 6.07) is 13.7. The second kappa shape index (κ2) is 5.32. The van der Waals surface area contributed by atoms with E-state index in [4.69, 9.17) is 0 Å². The molecule has 1 aromatic carbocycles. The maximum Gasteiger partial charge on any atom is 0.257 e. The summed E-state index contributed by atoms with van der Waals surface area (Å²) in [5, 5.41) is 0. The molecule has 0 aromatic heterocycles. The van der Waals surface area contributed by atoms with Crippen molar-refractivity contribution in [2.75, 3.05) is 0 Å². The summed E-state index contributed by atoms with van der Waals surface area (Å²) in [5.74, 6) is -0.347. The zero-order valence-electron chi connectivity index (χ0n) is 11.4. The summed E-state index contributed by atoms with van der Waals surface area (Å²) in [6.45, 7) is 1.85. The van der Waals surface area contributed by atoms with Gasteiger partial charge in [-0.15, -0.1) is 0 Å². The number of aromatic nitrogens is 1. The fraction of sp³-hybridized carbons (Fsp3) is 0.0588.